The van der Waals surface area contributed by atoms with Gasteiger partial charge in [0.25, 0.3) is 0 Å². The Morgan fingerprint density at radius 1 is 1.48 bits per heavy atom. The first kappa shape index (κ1) is 19.4. The quantitative estimate of drug-likeness (QED) is 0.759. The van der Waals surface area contributed by atoms with Crippen molar-refractivity contribution in [1.29, 1.82) is 0 Å². The van der Waals surface area contributed by atoms with Gasteiger partial charge < -0.3 is 15.2 Å². The van der Waals surface area contributed by atoms with Crippen LogP contribution in [0.25, 0.3) is 0 Å². The molecular formula is C13H17F3N2O4S. The highest BCUT2D eigenvalue weighted by atomic mass is 32.1. The minimum Gasteiger partial charge on any atom is -0.464 e. The van der Waals surface area contributed by atoms with E-state index in [-0.39, 0.29) is 6.61 Å². The molecule has 0 aliphatic rings. The summed E-state index contributed by atoms with van der Waals surface area (Å²) >= 11 is 0.606. The van der Waals surface area contributed by atoms with E-state index < -0.39 is 41.1 Å². The average molecular weight is 354 g/mol. The molecule has 0 unspecified atom stereocenters. The molecule has 0 aromatic carbocycles. The van der Waals surface area contributed by atoms with Gasteiger partial charge >= 0.3 is 12.1 Å². The molecule has 0 aliphatic heterocycles. The van der Waals surface area contributed by atoms with Crippen LogP contribution in [0.1, 0.15) is 31.0 Å². The Labute approximate surface area is 134 Å². The van der Waals surface area contributed by atoms with Crippen molar-refractivity contribution in [3.8, 4) is 0 Å². The van der Waals surface area contributed by atoms with Gasteiger partial charge in [0.15, 0.2) is 0 Å². The van der Waals surface area contributed by atoms with Gasteiger partial charge in [0.1, 0.15) is 11.0 Å². The largest absolute Gasteiger partial charge is 0.464 e. The molecule has 0 fully saturated rings. The third-order valence-corrected chi connectivity index (χ3v) is 3.99. The van der Waals surface area contributed by atoms with Gasteiger partial charge in [-0.3, -0.25) is 4.79 Å². The number of nitrogens with zero attached hydrogens (tertiary/aromatic N) is 1. The summed E-state index contributed by atoms with van der Waals surface area (Å²) in [6, 6.07) is -1.13. The number of halogens is 3. The molecule has 2 N–H and O–H groups in total. The fourth-order valence-electron chi connectivity index (χ4n) is 1.69. The predicted octanol–water partition coefficient (Wildman–Crippen LogP) is 1.66. The molecule has 0 saturated heterocycles. The molecule has 1 aromatic heterocycles. The van der Waals surface area contributed by atoms with E-state index in [0.29, 0.717) is 17.0 Å². The Morgan fingerprint density at radius 2 is 2.09 bits per heavy atom. The van der Waals surface area contributed by atoms with Crippen molar-refractivity contribution in [3.63, 3.8) is 0 Å². The fourth-order valence-corrected chi connectivity index (χ4v) is 2.61. The highest BCUT2D eigenvalue weighted by Crippen LogP contribution is 2.42. The highest BCUT2D eigenvalue weighted by Gasteiger charge is 2.58. The minimum atomic E-state index is -5.10. The number of aryl methyl sites for hydroxylation is 1. The van der Waals surface area contributed by atoms with Crippen LogP contribution in [-0.2, 0) is 19.9 Å². The van der Waals surface area contributed by atoms with Crippen molar-refractivity contribution >= 4 is 23.2 Å². The topological polar surface area (TPSA) is 88.5 Å². The van der Waals surface area contributed by atoms with E-state index in [9.17, 15) is 27.9 Å². The molecule has 130 valence electrons. The van der Waals surface area contributed by atoms with Crippen LogP contribution >= 0.6 is 11.3 Å². The molecule has 0 saturated carbocycles. The zero-order chi connectivity index (χ0) is 17.8. The number of aromatic nitrogens is 1. The van der Waals surface area contributed by atoms with Gasteiger partial charge in [-0.2, -0.15) is 13.2 Å². The van der Waals surface area contributed by atoms with Crippen LogP contribution in [0, 0.1) is 6.92 Å². The molecule has 1 aromatic rings. The van der Waals surface area contributed by atoms with E-state index in [1.54, 1.807) is 6.92 Å². The minimum absolute atomic E-state index is 0.0733. The van der Waals surface area contributed by atoms with E-state index in [4.69, 9.17) is 0 Å². The lowest BCUT2D eigenvalue weighted by Crippen LogP contribution is -2.48. The summed E-state index contributed by atoms with van der Waals surface area (Å²) in [6.45, 7) is 4.37. The molecule has 2 atom stereocenters. The summed E-state index contributed by atoms with van der Waals surface area (Å²) in [4.78, 5) is 26.8. The van der Waals surface area contributed by atoms with E-state index in [0.717, 1.165) is 0 Å². The monoisotopic (exact) mass is 354 g/mol. The molecule has 6 nitrogen and oxygen atoms in total. The Kier molecular flexibility index (Phi) is 6.11. The average Bonchev–Trinajstić information content (AvgIpc) is 2.84. The summed E-state index contributed by atoms with van der Waals surface area (Å²) in [5.74, 6) is -1.92. The standard InChI is InChI=1S/C13H17F3N2O4S/c1-4-22-10(20)8(3)18-9(19)5-12(21,13(14,15)16)11-17-7(2)6-23-11/h6,8,21H,4-5H2,1-3H3,(H,18,19)/t8-,12-/m0/s1. The second-order valence-electron chi connectivity index (χ2n) is 4.87. The molecular weight excluding hydrogens is 337 g/mol. The van der Waals surface area contributed by atoms with Crippen molar-refractivity contribution in [2.75, 3.05) is 6.61 Å². The maximum absolute atomic E-state index is 13.2. The number of alkyl halides is 3. The molecule has 1 rings (SSSR count). The maximum Gasteiger partial charge on any atom is 0.424 e. The van der Waals surface area contributed by atoms with Crippen molar-refractivity contribution in [2.24, 2.45) is 0 Å². The number of nitrogens with one attached hydrogen (secondary N) is 1. The van der Waals surface area contributed by atoms with Crippen LogP contribution in [0.4, 0.5) is 13.2 Å². The van der Waals surface area contributed by atoms with Gasteiger partial charge in [-0.15, -0.1) is 11.3 Å². The van der Waals surface area contributed by atoms with Gasteiger partial charge in [0.05, 0.1) is 13.0 Å². The fraction of sp³-hybridized carbons (Fsp3) is 0.615. The molecule has 0 aliphatic carbocycles. The number of rotatable bonds is 6. The molecule has 0 bridgehead atoms. The summed E-state index contributed by atoms with van der Waals surface area (Å²) in [6.07, 6.45) is -6.39. The van der Waals surface area contributed by atoms with Crippen molar-refractivity contribution in [2.45, 2.75) is 45.0 Å². The number of carbonyl (C=O) groups is 2. The van der Waals surface area contributed by atoms with Gasteiger partial charge in [0, 0.05) is 11.1 Å². The zero-order valence-electron chi connectivity index (χ0n) is 12.7. The lowest BCUT2D eigenvalue weighted by Gasteiger charge is -2.28. The number of thiazole rings is 1. The Balaban J connectivity index is 2.91. The molecule has 1 heterocycles. The highest BCUT2D eigenvalue weighted by molar-refractivity contribution is 7.09. The van der Waals surface area contributed by atoms with E-state index in [1.165, 1.54) is 19.2 Å². The van der Waals surface area contributed by atoms with Crippen molar-refractivity contribution in [3.05, 3.63) is 16.1 Å². The SMILES string of the molecule is CCOC(=O)[C@H](C)NC(=O)C[C@](O)(c1nc(C)cs1)C(F)(F)F. The number of aliphatic hydroxyl groups is 1. The van der Waals surface area contributed by atoms with Crippen LogP contribution in [0.2, 0.25) is 0 Å². The van der Waals surface area contributed by atoms with Gasteiger partial charge in [-0.25, -0.2) is 9.78 Å². The second kappa shape index (κ2) is 7.26. The van der Waals surface area contributed by atoms with Gasteiger partial charge in [-0.05, 0) is 20.8 Å². The van der Waals surface area contributed by atoms with Crippen molar-refractivity contribution < 1.29 is 32.6 Å². The number of amides is 1. The molecule has 10 heteroatoms. The van der Waals surface area contributed by atoms with E-state index in [2.05, 4.69) is 15.0 Å². The number of carbonyl (C=O) groups excluding carboxylic acids is 2. The number of hydrogen-bond donors (Lipinski definition) is 2. The van der Waals surface area contributed by atoms with Crippen LogP contribution in [0.15, 0.2) is 5.38 Å². The molecule has 23 heavy (non-hydrogen) atoms. The third kappa shape index (κ3) is 4.64. The summed E-state index contributed by atoms with van der Waals surface area (Å²) in [5, 5.41) is 12.8. The second-order valence-corrected chi connectivity index (χ2v) is 5.73. The Morgan fingerprint density at radius 3 is 2.52 bits per heavy atom. The number of ether oxygens (including phenoxy) is 1. The molecule has 0 spiro atoms. The van der Waals surface area contributed by atoms with Crippen LogP contribution < -0.4 is 5.32 Å². The third-order valence-electron chi connectivity index (χ3n) is 2.88. The summed E-state index contributed by atoms with van der Waals surface area (Å²) in [7, 11) is 0. The summed E-state index contributed by atoms with van der Waals surface area (Å²) < 4.78 is 44.3. The van der Waals surface area contributed by atoms with E-state index in [1.807, 2.05) is 0 Å². The first-order valence-electron chi connectivity index (χ1n) is 6.69. The molecule has 0 radical (unpaired) electrons. The lowest BCUT2D eigenvalue weighted by molar-refractivity contribution is -0.267. The summed E-state index contributed by atoms with van der Waals surface area (Å²) in [5.41, 5.74) is -3.11. The first-order valence-corrected chi connectivity index (χ1v) is 7.57. The van der Waals surface area contributed by atoms with Crippen LogP contribution in [0.5, 0.6) is 0 Å². The normalized spacial score (nSPS) is 15.6. The number of esters is 1. The Bertz CT molecular complexity index is 576. The smallest absolute Gasteiger partial charge is 0.424 e. The predicted molar refractivity (Wildman–Crippen MR) is 75.7 cm³/mol. The lowest BCUT2D eigenvalue weighted by atomic mass is 9.99. The van der Waals surface area contributed by atoms with Gasteiger partial charge in [-0.1, -0.05) is 0 Å². The zero-order valence-corrected chi connectivity index (χ0v) is 13.5. The first-order chi connectivity index (χ1) is 10.5. The Hall–Kier alpha value is -1.68. The maximum atomic E-state index is 13.2. The van der Waals surface area contributed by atoms with Gasteiger partial charge in [0.2, 0.25) is 11.5 Å². The van der Waals surface area contributed by atoms with Crippen molar-refractivity contribution in [1.82, 2.24) is 10.3 Å². The molecule has 1 amide bonds. The van der Waals surface area contributed by atoms with Crippen LogP contribution in [0.3, 0.4) is 0 Å². The van der Waals surface area contributed by atoms with Crippen LogP contribution in [-0.4, -0.2) is 40.8 Å². The van der Waals surface area contributed by atoms with E-state index >= 15 is 0 Å². The number of hydrogen-bond acceptors (Lipinski definition) is 6.